The van der Waals surface area contributed by atoms with Gasteiger partial charge in [-0.15, -0.1) is 12.4 Å². The molecule has 0 radical (unpaired) electrons. The average Bonchev–Trinajstić information content (AvgIpc) is 3.01. The van der Waals surface area contributed by atoms with Gasteiger partial charge in [0.2, 0.25) is 5.91 Å². The van der Waals surface area contributed by atoms with Gasteiger partial charge in [0.25, 0.3) is 0 Å². The predicted molar refractivity (Wildman–Crippen MR) is 97.0 cm³/mol. The van der Waals surface area contributed by atoms with Crippen LogP contribution in [0.15, 0.2) is 18.2 Å². The van der Waals surface area contributed by atoms with Crippen molar-refractivity contribution in [1.29, 1.82) is 0 Å². The molecule has 0 bridgehead atoms. The summed E-state index contributed by atoms with van der Waals surface area (Å²) in [5.41, 5.74) is 9.94. The molecule has 1 atom stereocenters. The van der Waals surface area contributed by atoms with E-state index in [0.29, 0.717) is 18.9 Å². The molecular weight excluding hydrogens is 308 g/mol. The first-order chi connectivity index (χ1) is 10.8. The van der Waals surface area contributed by atoms with Gasteiger partial charge in [-0.1, -0.05) is 37.5 Å². The van der Waals surface area contributed by atoms with E-state index in [1.165, 1.54) is 56.1 Å². The Bertz CT molecular complexity index is 526. The second kappa shape index (κ2) is 8.70. The molecule has 2 aliphatic carbocycles. The van der Waals surface area contributed by atoms with Gasteiger partial charge in [-0.2, -0.15) is 0 Å². The summed E-state index contributed by atoms with van der Waals surface area (Å²) in [6, 6.07) is 6.69. The van der Waals surface area contributed by atoms with Gasteiger partial charge >= 0.3 is 0 Å². The number of nitrogens with one attached hydrogen (secondary N) is 1. The Kier molecular flexibility index (Phi) is 6.91. The lowest BCUT2D eigenvalue weighted by Gasteiger charge is -2.30. The van der Waals surface area contributed by atoms with E-state index < -0.39 is 0 Å². The van der Waals surface area contributed by atoms with Crippen molar-refractivity contribution in [1.82, 2.24) is 5.32 Å². The van der Waals surface area contributed by atoms with Gasteiger partial charge in [-0.3, -0.25) is 4.79 Å². The zero-order chi connectivity index (χ0) is 15.4. The zero-order valence-corrected chi connectivity index (χ0v) is 14.7. The summed E-state index contributed by atoms with van der Waals surface area (Å²) < 4.78 is 0. The average molecular weight is 337 g/mol. The molecule has 1 unspecified atom stereocenters. The minimum atomic E-state index is 0. The molecule has 23 heavy (non-hydrogen) atoms. The number of aryl methyl sites for hydroxylation is 2. The molecule has 2 aliphatic rings. The van der Waals surface area contributed by atoms with Gasteiger partial charge in [0.1, 0.15) is 0 Å². The van der Waals surface area contributed by atoms with Gasteiger partial charge in [0.05, 0.1) is 6.42 Å². The highest BCUT2D eigenvalue weighted by molar-refractivity contribution is 5.85. The summed E-state index contributed by atoms with van der Waals surface area (Å²) in [7, 11) is 0. The lowest BCUT2D eigenvalue weighted by atomic mass is 9.84. The number of carbonyl (C=O) groups excluding carboxylic acids is 1. The largest absolute Gasteiger partial charge is 0.352 e. The summed E-state index contributed by atoms with van der Waals surface area (Å²) in [5, 5.41) is 3.19. The minimum Gasteiger partial charge on any atom is -0.352 e. The van der Waals surface area contributed by atoms with E-state index in [4.69, 9.17) is 5.73 Å². The number of hydrogen-bond acceptors (Lipinski definition) is 2. The maximum Gasteiger partial charge on any atom is 0.224 e. The molecule has 1 fully saturated rings. The van der Waals surface area contributed by atoms with Gasteiger partial charge in [-0.05, 0) is 54.7 Å². The van der Waals surface area contributed by atoms with Crippen LogP contribution in [-0.2, 0) is 24.1 Å². The minimum absolute atomic E-state index is 0. The highest BCUT2D eigenvalue weighted by Crippen LogP contribution is 2.26. The van der Waals surface area contributed by atoms with E-state index >= 15 is 0 Å². The highest BCUT2D eigenvalue weighted by atomic mass is 35.5. The van der Waals surface area contributed by atoms with E-state index in [2.05, 4.69) is 23.5 Å². The van der Waals surface area contributed by atoms with Crippen LogP contribution < -0.4 is 11.1 Å². The quantitative estimate of drug-likeness (QED) is 0.867. The normalized spacial score (nSPS) is 18.8. The topological polar surface area (TPSA) is 55.1 Å². The van der Waals surface area contributed by atoms with Crippen LogP contribution in [0.3, 0.4) is 0 Å². The zero-order valence-electron chi connectivity index (χ0n) is 13.9. The molecule has 1 saturated carbocycles. The fraction of sp³-hybridized carbons (Fsp3) is 0.632. The van der Waals surface area contributed by atoms with Crippen molar-refractivity contribution in [2.75, 3.05) is 6.54 Å². The van der Waals surface area contributed by atoms with E-state index in [0.717, 1.165) is 12.0 Å². The number of rotatable bonds is 5. The summed E-state index contributed by atoms with van der Waals surface area (Å²) in [5.74, 6) is 0.696. The van der Waals surface area contributed by atoms with Gasteiger partial charge in [0, 0.05) is 12.6 Å². The van der Waals surface area contributed by atoms with E-state index in [-0.39, 0.29) is 24.4 Å². The highest BCUT2D eigenvalue weighted by Gasteiger charge is 2.24. The summed E-state index contributed by atoms with van der Waals surface area (Å²) in [4.78, 5) is 12.4. The number of halogens is 1. The van der Waals surface area contributed by atoms with Gasteiger partial charge < -0.3 is 11.1 Å². The van der Waals surface area contributed by atoms with Crippen LogP contribution in [0.2, 0.25) is 0 Å². The Balaban J connectivity index is 0.00000192. The molecule has 3 nitrogen and oxygen atoms in total. The maximum atomic E-state index is 12.4. The first-order valence-electron chi connectivity index (χ1n) is 8.86. The third-order valence-corrected chi connectivity index (χ3v) is 5.35. The first-order valence-corrected chi connectivity index (χ1v) is 8.86. The third kappa shape index (κ3) is 4.71. The van der Waals surface area contributed by atoms with E-state index in [9.17, 15) is 4.79 Å². The van der Waals surface area contributed by atoms with Gasteiger partial charge in [-0.25, -0.2) is 0 Å². The van der Waals surface area contributed by atoms with Crippen molar-refractivity contribution in [2.24, 2.45) is 11.7 Å². The Morgan fingerprint density at radius 1 is 1.13 bits per heavy atom. The molecule has 3 N–H and O–H groups in total. The smallest absolute Gasteiger partial charge is 0.224 e. The summed E-state index contributed by atoms with van der Waals surface area (Å²) >= 11 is 0. The van der Waals surface area contributed by atoms with Crippen LogP contribution in [0.5, 0.6) is 0 Å². The SMILES string of the molecule is Cl.NCC(NC(=O)Cc1ccc2c(c1)CCC2)C1CCCCC1. The molecule has 3 rings (SSSR count). The van der Waals surface area contributed by atoms with Crippen LogP contribution in [0.25, 0.3) is 0 Å². The van der Waals surface area contributed by atoms with E-state index in [1.807, 2.05) is 0 Å². The number of hydrogen-bond donors (Lipinski definition) is 2. The molecule has 128 valence electrons. The number of amides is 1. The lowest BCUT2D eigenvalue weighted by molar-refractivity contribution is -0.121. The summed E-state index contributed by atoms with van der Waals surface area (Å²) in [6.07, 6.45) is 10.4. The van der Waals surface area contributed by atoms with Crippen molar-refractivity contribution in [3.05, 3.63) is 34.9 Å². The first kappa shape index (κ1) is 18.3. The third-order valence-electron chi connectivity index (χ3n) is 5.35. The van der Waals surface area contributed by atoms with Crippen molar-refractivity contribution in [3.8, 4) is 0 Å². The molecule has 0 saturated heterocycles. The molecule has 0 heterocycles. The lowest BCUT2D eigenvalue weighted by Crippen LogP contribution is -2.46. The molecule has 0 aliphatic heterocycles. The van der Waals surface area contributed by atoms with Crippen LogP contribution in [0.1, 0.15) is 55.2 Å². The fourth-order valence-corrected chi connectivity index (χ4v) is 4.08. The molecule has 1 aromatic carbocycles. The standard InChI is InChI=1S/C19H28N2O.ClH/c20-13-18(16-5-2-1-3-6-16)21-19(22)12-14-9-10-15-7-4-8-17(15)11-14;/h9-11,16,18H,1-8,12-13,20H2,(H,21,22);1H. The molecule has 0 spiro atoms. The van der Waals surface area contributed by atoms with Crippen LogP contribution >= 0.6 is 12.4 Å². The van der Waals surface area contributed by atoms with Crippen molar-refractivity contribution in [2.45, 2.75) is 63.8 Å². The number of fused-ring (bicyclic) bond motifs is 1. The van der Waals surface area contributed by atoms with E-state index in [1.54, 1.807) is 0 Å². The number of carbonyl (C=O) groups is 1. The Morgan fingerprint density at radius 3 is 2.61 bits per heavy atom. The Hall–Kier alpha value is -1.06. The van der Waals surface area contributed by atoms with Crippen LogP contribution in [0, 0.1) is 5.92 Å². The fourth-order valence-electron chi connectivity index (χ4n) is 4.08. The molecule has 4 heteroatoms. The van der Waals surface area contributed by atoms with Crippen molar-refractivity contribution >= 4 is 18.3 Å². The second-order valence-corrected chi connectivity index (χ2v) is 6.94. The van der Waals surface area contributed by atoms with Crippen LogP contribution in [-0.4, -0.2) is 18.5 Å². The molecule has 0 aromatic heterocycles. The van der Waals surface area contributed by atoms with Gasteiger partial charge in [0.15, 0.2) is 0 Å². The Morgan fingerprint density at radius 2 is 1.87 bits per heavy atom. The van der Waals surface area contributed by atoms with Crippen molar-refractivity contribution in [3.63, 3.8) is 0 Å². The van der Waals surface area contributed by atoms with Crippen molar-refractivity contribution < 1.29 is 4.79 Å². The monoisotopic (exact) mass is 336 g/mol. The number of nitrogens with two attached hydrogens (primary N) is 1. The maximum absolute atomic E-state index is 12.4. The number of benzene rings is 1. The Labute approximate surface area is 145 Å². The summed E-state index contributed by atoms with van der Waals surface area (Å²) in [6.45, 7) is 0.556. The second-order valence-electron chi connectivity index (χ2n) is 6.94. The molecule has 1 amide bonds. The molecular formula is C19H29ClN2O. The predicted octanol–water partition coefficient (Wildman–Crippen LogP) is 3.16. The van der Waals surface area contributed by atoms with Crippen LogP contribution in [0.4, 0.5) is 0 Å². The molecule has 1 aromatic rings.